The summed E-state index contributed by atoms with van der Waals surface area (Å²) in [5.74, 6) is 1.30. The summed E-state index contributed by atoms with van der Waals surface area (Å²) in [7, 11) is 4.63. The normalized spacial score (nSPS) is 14.2. The van der Waals surface area contributed by atoms with Crippen LogP contribution in [-0.2, 0) is 4.79 Å². The number of nitrogens with zero attached hydrogens (tertiary/aromatic N) is 4. The zero-order valence-electron chi connectivity index (χ0n) is 21.0. The van der Waals surface area contributed by atoms with E-state index in [2.05, 4.69) is 41.2 Å². The number of carbonyl (C=O) groups excluding carboxylic acids is 1. The number of nitrogens with one attached hydrogen (secondary N) is 1. The molecule has 1 aliphatic heterocycles. The molecule has 196 valence electrons. The van der Waals surface area contributed by atoms with Gasteiger partial charge >= 0.3 is 0 Å². The second-order valence-corrected chi connectivity index (χ2v) is 9.64. The fraction of sp³-hybridized carbons (Fsp3) is 0.346. The Bertz CT molecular complexity index is 1300. The van der Waals surface area contributed by atoms with Crippen LogP contribution >= 0.6 is 27.5 Å². The minimum atomic E-state index is -0.153. The number of fused-ring (bicyclic) bond motifs is 1. The van der Waals surface area contributed by atoms with E-state index in [9.17, 15) is 4.79 Å². The van der Waals surface area contributed by atoms with Gasteiger partial charge in [-0.1, -0.05) is 11.6 Å². The van der Waals surface area contributed by atoms with Crippen molar-refractivity contribution in [2.24, 2.45) is 5.10 Å². The van der Waals surface area contributed by atoms with Crippen LogP contribution < -0.4 is 24.5 Å². The Morgan fingerprint density at radius 1 is 1.11 bits per heavy atom. The molecule has 0 atom stereocenters. The summed E-state index contributed by atoms with van der Waals surface area (Å²) < 4.78 is 16.8. The van der Waals surface area contributed by atoms with Gasteiger partial charge in [-0.25, -0.2) is 5.43 Å². The molecular weight excluding hydrogens is 562 g/mol. The average molecular weight is 591 g/mol. The number of carbonyl (C=O) groups is 1. The molecule has 1 fully saturated rings. The number of methoxy groups -OCH3 is 3. The monoisotopic (exact) mass is 589 g/mol. The zero-order valence-corrected chi connectivity index (χ0v) is 23.3. The van der Waals surface area contributed by atoms with Crippen molar-refractivity contribution >= 4 is 56.2 Å². The van der Waals surface area contributed by atoms with Gasteiger partial charge in [0.2, 0.25) is 11.7 Å². The number of piperazine rings is 1. The van der Waals surface area contributed by atoms with Crippen molar-refractivity contribution in [1.82, 2.24) is 15.3 Å². The third kappa shape index (κ3) is 6.26. The summed E-state index contributed by atoms with van der Waals surface area (Å²) in [5, 5.41) is 5.89. The molecule has 37 heavy (non-hydrogen) atoms. The molecule has 0 aliphatic carbocycles. The molecule has 0 spiro atoms. The fourth-order valence-electron chi connectivity index (χ4n) is 4.32. The van der Waals surface area contributed by atoms with E-state index < -0.39 is 0 Å². The van der Waals surface area contributed by atoms with Crippen LogP contribution in [0.25, 0.3) is 10.9 Å². The number of aromatic nitrogens is 1. The molecule has 0 radical (unpaired) electrons. The zero-order chi connectivity index (χ0) is 26.4. The van der Waals surface area contributed by atoms with E-state index in [1.54, 1.807) is 20.3 Å². The van der Waals surface area contributed by atoms with Gasteiger partial charge in [-0.3, -0.25) is 14.7 Å². The highest BCUT2D eigenvalue weighted by Crippen LogP contribution is 2.44. The van der Waals surface area contributed by atoms with E-state index in [0.29, 0.717) is 45.3 Å². The SMILES string of the molecule is COc1cc(/C=N/NC(=O)CCN2CCN(c3ccnc4cc(Cl)ccc34)CC2)c(Br)c(OC)c1OC. The van der Waals surface area contributed by atoms with Gasteiger partial charge in [0.05, 0.1) is 37.5 Å². The Morgan fingerprint density at radius 3 is 2.57 bits per heavy atom. The Morgan fingerprint density at radius 2 is 1.86 bits per heavy atom. The summed E-state index contributed by atoms with van der Waals surface area (Å²) in [5.41, 5.74) is 5.33. The minimum Gasteiger partial charge on any atom is -0.493 e. The molecule has 3 aromatic rings. The molecule has 1 amide bonds. The number of benzene rings is 2. The number of rotatable bonds is 9. The number of hydrogen-bond acceptors (Lipinski definition) is 8. The highest BCUT2D eigenvalue weighted by Gasteiger charge is 2.20. The van der Waals surface area contributed by atoms with Crippen molar-refractivity contribution in [3.05, 3.63) is 51.6 Å². The summed E-state index contributed by atoms with van der Waals surface area (Å²) >= 11 is 9.62. The molecule has 1 aliphatic rings. The maximum absolute atomic E-state index is 12.4. The lowest BCUT2D eigenvalue weighted by atomic mass is 10.1. The lowest BCUT2D eigenvalue weighted by molar-refractivity contribution is -0.121. The Kier molecular flexibility index (Phi) is 9.07. The van der Waals surface area contributed by atoms with Crippen molar-refractivity contribution in [1.29, 1.82) is 0 Å². The van der Waals surface area contributed by atoms with Crippen LogP contribution in [0.3, 0.4) is 0 Å². The van der Waals surface area contributed by atoms with E-state index >= 15 is 0 Å². The van der Waals surface area contributed by atoms with Crippen molar-refractivity contribution in [2.75, 3.05) is 59.0 Å². The molecule has 1 saturated heterocycles. The first-order valence-electron chi connectivity index (χ1n) is 11.8. The number of ether oxygens (including phenoxy) is 3. The van der Waals surface area contributed by atoms with Crippen molar-refractivity contribution < 1.29 is 19.0 Å². The number of halogens is 2. The van der Waals surface area contributed by atoms with Crippen LogP contribution in [0.2, 0.25) is 5.02 Å². The van der Waals surface area contributed by atoms with Gasteiger partial charge in [-0.15, -0.1) is 0 Å². The van der Waals surface area contributed by atoms with Crippen LogP contribution in [-0.4, -0.2) is 76.1 Å². The predicted octanol–water partition coefficient (Wildman–Crippen LogP) is 4.34. The topological polar surface area (TPSA) is 88.5 Å². The summed E-state index contributed by atoms with van der Waals surface area (Å²) in [6.07, 6.45) is 3.71. The quantitative estimate of drug-likeness (QED) is 0.293. The van der Waals surface area contributed by atoms with E-state index in [-0.39, 0.29) is 5.91 Å². The highest BCUT2D eigenvalue weighted by atomic mass is 79.9. The van der Waals surface area contributed by atoms with E-state index in [1.165, 1.54) is 13.3 Å². The summed E-state index contributed by atoms with van der Waals surface area (Å²) in [6.45, 7) is 4.14. The number of pyridine rings is 1. The lowest BCUT2D eigenvalue weighted by Gasteiger charge is -2.36. The molecule has 1 N–H and O–H groups in total. The first kappa shape index (κ1) is 27.0. The van der Waals surface area contributed by atoms with Crippen molar-refractivity contribution in [3.8, 4) is 17.2 Å². The molecule has 2 aromatic carbocycles. The van der Waals surface area contributed by atoms with E-state index in [0.717, 1.165) is 42.8 Å². The standard InChI is InChI=1S/C26H29BrClN5O4/c1-35-22-14-17(24(27)26(37-3)25(22)36-2)16-30-31-23(34)7-9-32-10-12-33(13-11-32)21-6-8-29-20-15-18(28)4-5-19(20)21/h4-6,8,14-16H,7,9-13H2,1-3H3,(H,31,34)/b30-16+. The summed E-state index contributed by atoms with van der Waals surface area (Å²) in [4.78, 5) is 21.5. The Balaban J connectivity index is 1.28. The van der Waals surface area contributed by atoms with Crippen molar-refractivity contribution in [2.45, 2.75) is 6.42 Å². The molecule has 11 heteroatoms. The van der Waals surface area contributed by atoms with Gasteiger partial charge in [-0.05, 0) is 46.3 Å². The smallest absolute Gasteiger partial charge is 0.241 e. The lowest BCUT2D eigenvalue weighted by Crippen LogP contribution is -2.47. The maximum Gasteiger partial charge on any atom is 0.241 e. The number of hydrogen-bond donors (Lipinski definition) is 1. The molecule has 2 heterocycles. The van der Waals surface area contributed by atoms with Crippen LogP contribution in [0.1, 0.15) is 12.0 Å². The number of amides is 1. The first-order chi connectivity index (χ1) is 17.9. The molecule has 4 rings (SSSR count). The second kappa shape index (κ2) is 12.4. The molecule has 0 unspecified atom stereocenters. The summed E-state index contributed by atoms with van der Waals surface area (Å²) in [6, 6.07) is 9.60. The van der Waals surface area contributed by atoms with Crippen LogP contribution in [0.15, 0.2) is 46.1 Å². The second-order valence-electron chi connectivity index (χ2n) is 8.41. The Labute approximate surface area is 229 Å². The third-order valence-corrected chi connectivity index (χ3v) is 7.29. The van der Waals surface area contributed by atoms with Gasteiger partial charge in [0.15, 0.2) is 11.5 Å². The van der Waals surface area contributed by atoms with Crippen LogP contribution in [0, 0.1) is 0 Å². The molecule has 0 saturated carbocycles. The third-order valence-electron chi connectivity index (χ3n) is 6.24. The van der Waals surface area contributed by atoms with Gasteiger partial charge in [-0.2, -0.15) is 5.10 Å². The maximum atomic E-state index is 12.4. The average Bonchev–Trinajstić information content (AvgIpc) is 2.92. The molecule has 9 nitrogen and oxygen atoms in total. The highest BCUT2D eigenvalue weighted by molar-refractivity contribution is 9.10. The van der Waals surface area contributed by atoms with Gasteiger partial charge in [0, 0.05) is 67.0 Å². The van der Waals surface area contributed by atoms with Gasteiger partial charge in [0.25, 0.3) is 0 Å². The minimum absolute atomic E-state index is 0.153. The molecular formula is C26H29BrClN5O4. The fourth-order valence-corrected chi connectivity index (χ4v) is 5.04. The van der Waals surface area contributed by atoms with E-state index in [1.807, 2.05) is 30.5 Å². The molecule has 0 bridgehead atoms. The van der Waals surface area contributed by atoms with Crippen LogP contribution in [0.4, 0.5) is 5.69 Å². The van der Waals surface area contributed by atoms with Crippen molar-refractivity contribution in [3.63, 3.8) is 0 Å². The number of anilines is 1. The first-order valence-corrected chi connectivity index (χ1v) is 12.9. The number of hydrazone groups is 1. The van der Waals surface area contributed by atoms with Crippen LogP contribution in [0.5, 0.6) is 17.2 Å². The predicted molar refractivity (Wildman–Crippen MR) is 150 cm³/mol. The molecule has 1 aromatic heterocycles. The largest absolute Gasteiger partial charge is 0.493 e. The van der Waals surface area contributed by atoms with E-state index in [4.69, 9.17) is 25.8 Å². The van der Waals surface area contributed by atoms with Gasteiger partial charge < -0.3 is 19.1 Å². The Hall–Kier alpha value is -3.08. The van der Waals surface area contributed by atoms with Gasteiger partial charge in [0.1, 0.15) is 0 Å².